The summed E-state index contributed by atoms with van der Waals surface area (Å²) in [4.78, 5) is 26.4. The number of benzene rings is 1. The van der Waals surface area contributed by atoms with Crippen molar-refractivity contribution >= 4 is 28.2 Å². The molecule has 1 aromatic carbocycles. The zero-order valence-electron chi connectivity index (χ0n) is 31.1. The molecule has 2 aliphatic heterocycles. The topological polar surface area (TPSA) is 109 Å². The number of aliphatic hydroxyl groups is 2. The van der Waals surface area contributed by atoms with E-state index in [4.69, 9.17) is 4.74 Å². The van der Waals surface area contributed by atoms with Gasteiger partial charge in [0.15, 0.2) is 5.78 Å². The fraction of sp³-hybridized carbons (Fsp3) is 0.581. The van der Waals surface area contributed by atoms with E-state index in [9.17, 15) is 24.9 Å². The van der Waals surface area contributed by atoms with Crippen molar-refractivity contribution in [3.8, 4) is 0 Å². The van der Waals surface area contributed by atoms with Gasteiger partial charge in [-0.25, -0.2) is 4.79 Å². The Hall–Kier alpha value is -3.26. The molecule has 7 nitrogen and oxygen atoms in total. The summed E-state index contributed by atoms with van der Waals surface area (Å²) in [5.41, 5.74) is 5.80. The Morgan fingerprint density at radius 2 is 1.76 bits per heavy atom. The number of aliphatic carboxylic acids is 1. The van der Waals surface area contributed by atoms with E-state index in [0.29, 0.717) is 17.9 Å². The summed E-state index contributed by atoms with van der Waals surface area (Å²) >= 11 is 0. The number of ketones is 1. The van der Waals surface area contributed by atoms with Gasteiger partial charge in [-0.2, -0.15) is 0 Å². The van der Waals surface area contributed by atoms with E-state index in [1.807, 2.05) is 26.8 Å². The quantitative estimate of drug-likeness (QED) is 0.171. The maximum absolute atomic E-state index is 14.8. The maximum Gasteiger partial charge on any atom is 0.331 e. The Morgan fingerprint density at radius 3 is 2.42 bits per heavy atom. The summed E-state index contributed by atoms with van der Waals surface area (Å²) < 4.78 is 8.86. The molecule has 6 aliphatic rings. The number of nitrogens with zero attached hydrogens (tertiary/aromatic N) is 1. The van der Waals surface area contributed by atoms with Gasteiger partial charge < -0.3 is 24.6 Å². The number of carbonyl (C=O) groups excluding carboxylic acids is 1. The van der Waals surface area contributed by atoms with Crippen LogP contribution in [0.3, 0.4) is 0 Å². The van der Waals surface area contributed by atoms with Crippen molar-refractivity contribution in [2.75, 3.05) is 0 Å². The fourth-order valence-corrected chi connectivity index (χ4v) is 12.6. The van der Waals surface area contributed by atoms with E-state index in [1.54, 1.807) is 13.0 Å². The summed E-state index contributed by atoms with van der Waals surface area (Å²) in [5, 5.41) is 34.4. The van der Waals surface area contributed by atoms with E-state index in [0.717, 1.165) is 58.9 Å². The number of carboxylic acids is 1. The molecule has 3 heterocycles. The minimum Gasteiger partial charge on any atom is -0.478 e. The normalized spacial score (nSPS) is 39.2. The van der Waals surface area contributed by atoms with Gasteiger partial charge in [-0.15, -0.1) is 0 Å². The van der Waals surface area contributed by atoms with Crippen LogP contribution in [-0.4, -0.2) is 48.9 Å². The Morgan fingerprint density at radius 1 is 1.06 bits per heavy atom. The van der Waals surface area contributed by atoms with Crippen molar-refractivity contribution < 1.29 is 29.6 Å². The van der Waals surface area contributed by atoms with Crippen LogP contribution in [-0.2, 0) is 21.4 Å². The number of hydrogen-bond acceptors (Lipinski definition) is 5. The number of rotatable bonds is 4. The van der Waals surface area contributed by atoms with Crippen molar-refractivity contribution in [3.63, 3.8) is 0 Å². The van der Waals surface area contributed by atoms with Gasteiger partial charge in [-0.3, -0.25) is 4.79 Å². The fourth-order valence-electron chi connectivity index (χ4n) is 12.6. The van der Waals surface area contributed by atoms with Crippen molar-refractivity contribution in [1.82, 2.24) is 4.57 Å². The number of Topliss-reactive ketones (excluding diaryl/α,β-unsaturated/α-hetero) is 1. The molecule has 4 aliphatic carbocycles. The van der Waals surface area contributed by atoms with E-state index < -0.39 is 40.8 Å². The van der Waals surface area contributed by atoms with Crippen LogP contribution in [0.25, 0.3) is 16.5 Å². The number of aliphatic hydroxyl groups excluding tert-OH is 2. The predicted octanol–water partition coefficient (Wildman–Crippen LogP) is 8.18. The number of ether oxygens (including phenoxy) is 1. The minimum atomic E-state index is -0.950. The third kappa shape index (κ3) is 3.98. The Bertz CT molecular complexity index is 2020. The second-order valence-corrected chi connectivity index (χ2v) is 18.3. The molecule has 0 saturated heterocycles. The molecule has 8 rings (SSSR count). The van der Waals surface area contributed by atoms with Crippen LogP contribution in [0.2, 0.25) is 0 Å². The lowest BCUT2D eigenvalue weighted by Gasteiger charge is -2.64. The smallest absolute Gasteiger partial charge is 0.331 e. The number of allylic oxidation sites excluding steroid dienone is 3. The first-order chi connectivity index (χ1) is 23.2. The zero-order valence-corrected chi connectivity index (χ0v) is 31.1. The molecular formula is C43H53NO6. The van der Waals surface area contributed by atoms with Gasteiger partial charge in [-0.05, 0) is 120 Å². The lowest BCUT2D eigenvalue weighted by molar-refractivity contribution is -0.144. The summed E-state index contributed by atoms with van der Waals surface area (Å²) in [6.07, 6.45) is 10.7. The first-order valence-electron chi connectivity index (χ1n) is 18.5. The first kappa shape index (κ1) is 33.9. The lowest BCUT2D eigenvalue weighted by atomic mass is 9.40. The third-order valence-electron chi connectivity index (χ3n) is 14.8. The van der Waals surface area contributed by atoms with E-state index >= 15 is 0 Å². The summed E-state index contributed by atoms with van der Waals surface area (Å²) in [6, 6.07) is 1.75. The van der Waals surface area contributed by atoms with Gasteiger partial charge in [0.2, 0.25) is 0 Å². The predicted molar refractivity (Wildman–Crippen MR) is 195 cm³/mol. The Kier molecular flexibility index (Phi) is 6.91. The van der Waals surface area contributed by atoms with E-state index in [-0.39, 0.29) is 34.0 Å². The summed E-state index contributed by atoms with van der Waals surface area (Å²) in [6.45, 7) is 23.1. The van der Waals surface area contributed by atoms with Gasteiger partial charge in [0.25, 0.3) is 0 Å². The number of fused-ring (bicyclic) bond motifs is 11. The van der Waals surface area contributed by atoms with Gasteiger partial charge in [-0.1, -0.05) is 51.2 Å². The molecule has 4 unspecified atom stereocenters. The van der Waals surface area contributed by atoms with Crippen LogP contribution < -0.4 is 0 Å². The molecular weight excluding hydrogens is 626 g/mol. The van der Waals surface area contributed by atoms with Crippen molar-refractivity contribution in [3.05, 3.63) is 76.0 Å². The zero-order chi connectivity index (χ0) is 36.2. The van der Waals surface area contributed by atoms with Gasteiger partial charge in [0, 0.05) is 39.0 Å². The Labute approximate surface area is 295 Å². The van der Waals surface area contributed by atoms with Crippen molar-refractivity contribution in [2.45, 2.75) is 129 Å². The highest BCUT2D eigenvalue weighted by atomic mass is 16.5. The molecule has 2 saturated carbocycles. The van der Waals surface area contributed by atoms with Gasteiger partial charge >= 0.3 is 5.97 Å². The molecule has 2 fully saturated rings. The second-order valence-electron chi connectivity index (χ2n) is 18.3. The SMILES string of the molecule is C=C(C)[C@H]1C(=O)c2c3c(cc4c5c(n1c24)C1(C)C(CCC2[C@](C)(/C=C/C=C(\C)C(=O)O)[C@@H](O)CC[C@@]21C)C5)C1=CC(C)(C)OC(C)(C)C1[C@@H]3O. The number of aromatic nitrogens is 1. The van der Waals surface area contributed by atoms with Crippen molar-refractivity contribution in [2.24, 2.45) is 28.6 Å². The number of hydrogen-bond donors (Lipinski definition) is 3. The maximum atomic E-state index is 14.8. The van der Waals surface area contributed by atoms with Crippen LogP contribution in [0.4, 0.5) is 0 Å². The van der Waals surface area contributed by atoms with Gasteiger partial charge in [0.05, 0.1) is 34.5 Å². The first-order valence-corrected chi connectivity index (χ1v) is 18.5. The molecule has 2 aromatic rings. The second kappa shape index (κ2) is 10.2. The molecule has 0 radical (unpaired) electrons. The minimum absolute atomic E-state index is 0.0189. The molecule has 7 heteroatoms. The average Bonchev–Trinajstić information content (AvgIpc) is 3.67. The Balaban J connectivity index is 1.36. The molecule has 9 atom stereocenters. The molecule has 50 heavy (non-hydrogen) atoms. The van der Waals surface area contributed by atoms with Crippen molar-refractivity contribution in [1.29, 1.82) is 0 Å². The molecule has 266 valence electrons. The molecule has 1 aromatic heterocycles. The van der Waals surface area contributed by atoms with Crippen LogP contribution in [0.1, 0.15) is 133 Å². The van der Waals surface area contributed by atoms with Crippen LogP contribution in [0.5, 0.6) is 0 Å². The van der Waals surface area contributed by atoms with Crippen LogP contribution >= 0.6 is 0 Å². The van der Waals surface area contributed by atoms with E-state index in [2.05, 4.69) is 64.0 Å². The highest BCUT2D eigenvalue weighted by molar-refractivity contribution is 6.18. The summed E-state index contributed by atoms with van der Waals surface area (Å²) in [5.74, 6) is -0.702. The third-order valence-corrected chi connectivity index (χ3v) is 14.8. The molecule has 0 spiro atoms. The molecule has 3 N–H and O–H groups in total. The monoisotopic (exact) mass is 679 g/mol. The average molecular weight is 680 g/mol. The van der Waals surface area contributed by atoms with Gasteiger partial charge in [0.1, 0.15) is 6.04 Å². The standard InChI is InChI=1S/C43H53NO6/c1-21(2)33-36(47)31-30-24(27-20-39(4,5)50-40(6,7)32(27)35(30)46)19-25-26-18-23-13-14-28-41(8,16-11-12-22(3)38(48)49)29(45)15-17-42(28,9)43(23,10)37(26)44(33)34(25)31/h11-12,16,19-20,23,28-29,32-33,35,45-46H,1,13-15,17-18H2,2-10H3,(H,48,49)/b16-11+,22-12+/t23?,28?,29-,32?,33-,35+,41-,42-,43?/m0/s1. The van der Waals surface area contributed by atoms with Crippen LogP contribution in [0, 0.1) is 28.6 Å². The molecule has 0 bridgehead atoms. The number of carboxylic acid groups (broad SMARTS) is 1. The number of carbonyl (C=O) groups is 2. The summed E-state index contributed by atoms with van der Waals surface area (Å²) in [7, 11) is 0. The highest BCUT2D eigenvalue weighted by Crippen LogP contribution is 2.71. The largest absolute Gasteiger partial charge is 0.478 e. The molecule has 0 amide bonds. The lowest BCUT2D eigenvalue weighted by Crippen LogP contribution is -2.62. The van der Waals surface area contributed by atoms with E-state index in [1.165, 1.54) is 11.3 Å². The highest BCUT2D eigenvalue weighted by Gasteiger charge is 2.67. The van der Waals surface area contributed by atoms with Crippen LogP contribution in [0.15, 0.2) is 48.1 Å².